The Hall–Kier alpha value is -1.27. The first-order valence-electron chi connectivity index (χ1n) is 7.45. The lowest BCUT2D eigenvalue weighted by Gasteiger charge is -2.21. The minimum atomic E-state index is 0.00321. The van der Waals surface area contributed by atoms with E-state index >= 15 is 0 Å². The molecule has 0 unspecified atom stereocenters. The molecule has 0 atom stereocenters. The van der Waals surface area contributed by atoms with Gasteiger partial charge in [-0.25, -0.2) is 0 Å². The van der Waals surface area contributed by atoms with Gasteiger partial charge in [-0.15, -0.1) is 11.3 Å². The number of carbonyl (C=O) groups excluding carboxylic acids is 1. The first-order chi connectivity index (χ1) is 10.4. The van der Waals surface area contributed by atoms with Crippen LogP contribution in [0.3, 0.4) is 0 Å². The van der Waals surface area contributed by atoms with E-state index < -0.39 is 0 Å². The predicted octanol–water partition coefficient (Wildman–Crippen LogP) is 2.57. The molecule has 0 aliphatic heterocycles. The van der Waals surface area contributed by atoms with E-state index in [4.69, 9.17) is 11.6 Å². The number of hydrogen-bond donors (Lipinski definition) is 2. The van der Waals surface area contributed by atoms with Crippen molar-refractivity contribution in [1.82, 2.24) is 15.5 Å². The van der Waals surface area contributed by atoms with Gasteiger partial charge in [0.2, 0.25) is 5.91 Å². The van der Waals surface area contributed by atoms with Crippen molar-refractivity contribution < 1.29 is 4.79 Å². The average molecular weight is 345 g/mol. The Kier molecular flexibility index (Phi) is 8.27. The van der Waals surface area contributed by atoms with Crippen LogP contribution in [0.15, 0.2) is 17.1 Å². The van der Waals surface area contributed by atoms with Crippen molar-refractivity contribution in [3.63, 3.8) is 0 Å². The highest BCUT2D eigenvalue weighted by Gasteiger charge is 2.08. The molecule has 0 aliphatic carbocycles. The van der Waals surface area contributed by atoms with Crippen LogP contribution in [0.5, 0.6) is 0 Å². The number of nitrogens with zero attached hydrogens (tertiary/aromatic N) is 2. The number of guanidine groups is 1. The maximum absolute atomic E-state index is 11.5. The van der Waals surface area contributed by atoms with Gasteiger partial charge in [0.25, 0.3) is 0 Å². The Morgan fingerprint density at radius 2 is 2.14 bits per heavy atom. The second-order valence-corrected chi connectivity index (χ2v) is 7.04. The van der Waals surface area contributed by atoms with E-state index in [1.807, 2.05) is 40.0 Å². The molecule has 0 fully saturated rings. The molecule has 5 nitrogen and oxygen atoms in total. The maximum Gasteiger partial charge on any atom is 0.222 e. The van der Waals surface area contributed by atoms with Crippen LogP contribution in [0, 0.1) is 5.92 Å². The zero-order valence-electron chi connectivity index (χ0n) is 13.6. The van der Waals surface area contributed by atoms with E-state index in [-0.39, 0.29) is 11.8 Å². The number of halogens is 1. The summed E-state index contributed by atoms with van der Waals surface area (Å²) in [5.74, 6) is 0.885. The summed E-state index contributed by atoms with van der Waals surface area (Å²) < 4.78 is 0.793. The van der Waals surface area contributed by atoms with E-state index in [0.717, 1.165) is 23.4 Å². The zero-order chi connectivity index (χ0) is 16.5. The molecule has 1 heterocycles. The molecule has 0 saturated carbocycles. The summed E-state index contributed by atoms with van der Waals surface area (Å²) in [5.41, 5.74) is 0. The van der Waals surface area contributed by atoms with E-state index in [2.05, 4.69) is 20.5 Å². The largest absolute Gasteiger partial charge is 0.357 e. The second kappa shape index (κ2) is 9.69. The minimum Gasteiger partial charge on any atom is -0.357 e. The number of amides is 1. The topological polar surface area (TPSA) is 56.7 Å². The molecule has 1 rings (SSSR count). The lowest BCUT2D eigenvalue weighted by Crippen LogP contribution is -2.39. The van der Waals surface area contributed by atoms with Gasteiger partial charge in [-0.3, -0.25) is 9.79 Å². The normalized spacial score (nSPS) is 11.6. The van der Waals surface area contributed by atoms with Crippen molar-refractivity contribution in [2.24, 2.45) is 10.9 Å². The molecular formula is C15H25ClN4OS. The maximum atomic E-state index is 11.5. The van der Waals surface area contributed by atoms with Gasteiger partial charge in [0.1, 0.15) is 0 Å². The van der Waals surface area contributed by atoms with Crippen LogP contribution in [0.25, 0.3) is 0 Å². The summed E-state index contributed by atoms with van der Waals surface area (Å²) in [6, 6.07) is 3.93. The highest BCUT2D eigenvalue weighted by atomic mass is 35.5. The van der Waals surface area contributed by atoms with Crippen LogP contribution in [0.4, 0.5) is 0 Å². The zero-order valence-corrected chi connectivity index (χ0v) is 15.2. The Labute approximate surface area is 141 Å². The van der Waals surface area contributed by atoms with E-state index in [0.29, 0.717) is 13.1 Å². The Balaban J connectivity index is 2.51. The van der Waals surface area contributed by atoms with E-state index in [1.165, 1.54) is 4.88 Å². The summed E-state index contributed by atoms with van der Waals surface area (Å²) in [4.78, 5) is 19.3. The van der Waals surface area contributed by atoms with E-state index in [9.17, 15) is 4.79 Å². The molecule has 1 amide bonds. The smallest absolute Gasteiger partial charge is 0.222 e. The van der Waals surface area contributed by atoms with Crippen LogP contribution in [0.1, 0.15) is 25.6 Å². The molecule has 1 aromatic rings. The summed E-state index contributed by atoms with van der Waals surface area (Å²) in [6.07, 6.45) is 0. The predicted molar refractivity (Wildman–Crippen MR) is 94.6 cm³/mol. The molecule has 0 radical (unpaired) electrons. The van der Waals surface area contributed by atoms with Crippen molar-refractivity contribution in [2.75, 3.05) is 26.7 Å². The van der Waals surface area contributed by atoms with Crippen molar-refractivity contribution in [3.8, 4) is 0 Å². The van der Waals surface area contributed by atoms with Crippen LogP contribution < -0.4 is 10.6 Å². The van der Waals surface area contributed by atoms with Gasteiger partial charge in [-0.1, -0.05) is 25.4 Å². The fourth-order valence-electron chi connectivity index (χ4n) is 1.76. The highest BCUT2D eigenvalue weighted by Crippen LogP contribution is 2.22. The molecular weight excluding hydrogens is 320 g/mol. The van der Waals surface area contributed by atoms with Gasteiger partial charge in [-0.05, 0) is 19.1 Å². The number of hydrogen-bond acceptors (Lipinski definition) is 3. The van der Waals surface area contributed by atoms with Crippen LogP contribution in [-0.2, 0) is 11.3 Å². The van der Waals surface area contributed by atoms with Crippen molar-refractivity contribution in [1.29, 1.82) is 0 Å². The van der Waals surface area contributed by atoms with Crippen molar-refractivity contribution >= 4 is 34.8 Å². The fourth-order valence-corrected chi connectivity index (χ4v) is 2.90. The molecule has 2 N–H and O–H groups in total. The third-order valence-corrected chi connectivity index (χ3v) is 4.13. The summed E-state index contributed by atoms with van der Waals surface area (Å²) >= 11 is 7.53. The Morgan fingerprint density at radius 1 is 1.41 bits per heavy atom. The van der Waals surface area contributed by atoms with Crippen molar-refractivity contribution in [2.45, 2.75) is 27.3 Å². The molecule has 124 valence electrons. The number of aliphatic imine (C=N–C) groups is 1. The lowest BCUT2D eigenvalue weighted by molar-refractivity contribution is -0.123. The lowest BCUT2D eigenvalue weighted by atomic mass is 10.2. The first kappa shape index (κ1) is 18.8. The van der Waals surface area contributed by atoms with Crippen LogP contribution >= 0.6 is 22.9 Å². The number of nitrogens with one attached hydrogen (secondary N) is 2. The summed E-state index contributed by atoms with van der Waals surface area (Å²) in [6.45, 7) is 8.44. The van der Waals surface area contributed by atoms with Gasteiger partial charge in [-0.2, -0.15) is 0 Å². The van der Waals surface area contributed by atoms with E-state index in [1.54, 1.807) is 11.3 Å². The molecule has 1 aromatic heterocycles. The third kappa shape index (κ3) is 6.66. The van der Waals surface area contributed by atoms with Crippen LogP contribution in [0.2, 0.25) is 4.34 Å². The standard InChI is InChI=1S/C15H25ClN4OS/c1-5-17-15(19-9-8-18-14(21)11(2)3)20(4)10-12-6-7-13(16)22-12/h6-7,11H,5,8-10H2,1-4H3,(H,17,19)(H,18,21). The number of carbonyl (C=O) groups is 1. The third-order valence-electron chi connectivity index (χ3n) is 2.92. The van der Waals surface area contributed by atoms with Crippen molar-refractivity contribution in [3.05, 3.63) is 21.3 Å². The SMILES string of the molecule is CCNC(=NCCNC(=O)C(C)C)N(C)Cc1ccc(Cl)s1. The first-order valence-corrected chi connectivity index (χ1v) is 8.64. The van der Waals surface area contributed by atoms with Gasteiger partial charge in [0.15, 0.2) is 5.96 Å². The number of rotatable bonds is 7. The summed E-state index contributed by atoms with van der Waals surface area (Å²) in [5, 5.41) is 6.12. The van der Waals surface area contributed by atoms with Gasteiger partial charge >= 0.3 is 0 Å². The molecule has 0 aliphatic rings. The molecule has 7 heteroatoms. The Bertz CT molecular complexity index is 501. The highest BCUT2D eigenvalue weighted by molar-refractivity contribution is 7.16. The van der Waals surface area contributed by atoms with Crippen LogP contribution in [-0.4, -0.2) is 43.4 Å². The Morgan fingerprint density at radius 3 is 2.68 bits per heavy atom. The molecule has 0 aromatic carbocycles. The molecule has 22 heavy (non-hydrogen) atoms. The monoisotopic (exact) mass is 344 g/mol. The number of thiophene rings is 1. The average Bonchev–Trinajstić information content (AvgIpc) is 2.86. The minimum absolute atomic E-state index is 0.00321. The van der Waals surface area contributed by atoms with Gasteiger partial charge in [0, 0.05) is 30.9 Å². The quantitative estimate of drug-likeness (QED) is 0.454. The molecule has 0 spiro atoms. The molecule has 0 saturated heterocycles. The fraction of sp³-hybridized carbons (Fsp3) is 0.600. The second-order valence-electron chi connectivity index (χ2n) is 5.24. The summed E-state index contributed by atoms with van der Waals surface area (Å²) in [7, 11) is 1.99. The van der Waals surface area contributed by atoms with Gasteiger partial charge in [0.05, 0.1) is 17.4 Å². The van der Waals surface area contributed by atoms with Gasteiger partial charge < -0.3 is 15.5 Å². The molecule has 0 bridgehead atoms.